The zero-order chi connectivity index (χ0) is 24.7. The number of terminal acetylenes is 1. The monoisotopic (exact) mass is 541 g/mol. The molecule has 0 aliphatic carbocycles. The van der Waals surface area contributed by atoms with Gasteiger partial charge in [-0.25, -0.2) is 18.5 Å². The van der Waals surface area contributed by atoms with Crippen LogP contribution in [0, 0.1) is 12.3 Å². The van der Waals surface area contributed by atoms with Crippen LogP contribution in [0.15, 0.2) is 15.8 Å². The molecule has 2 heterocycles. The van der Waals surface area contributed by atoms with E-state index in [1.807, 2.05) is 10.9 Å². The van der Waals surface area contributed by atoms with Crippen molar-refractivity contribution in [3.63, 3.8) is 0 Å². The minimum absolute atomic E-state index is 0.481. The summed E-state index contributed by atoms with van der Waals surface area (Å²) in [5.41, 5.74) is -2.00. The molecule has 0 aromatic carbocycles. The van der Waals surface area contributed by atoms with Gasteiger partial charge in [0.25, 0.3) is 5.56 Å². The van der Waals surface area contributed by atoms with Crippen molar-refractivity contribution >= 4 is 35.1 Å². The first-order valence-corrected chi connectivity index (χ1v) is 12.8. The second-order valence-electron chi connectivity index (χ2n) is 6.10. The molecule has 21 heteroatoms. The number of phosphoric acid groups is 3. The third kappa shape index (κ3) is 6.22. The molecule has 180 valence electrons. The van der Waals surface area contributed by atoms with Gasteiger partial charge in [-0.15, -0.1) is 6.42 Å². The van der Waals surface area contributed by atoms with Crippen molar-refractivity contribution in [2.45, 2.75) is 36.3 Å². The van der Waals surface area contributed by atoms with E-state index in [4.69, 9.17) is 32.5 Å². The van der Waals surface area contributed by atoms with Crippen molar-refractivity contribution in [1.29, 1.82) is 0 Å². The van der Waals surface area contributed by atoms with E-state index in [1.165, 1.54) is 0 Å². The average molecular weight is 542 g/mol. The molecule has 1 aliphatic heterocycles. The second-order valence-corrected chi connectivity index (χ2v) is 11.1. The highest BCUT2D eigenvalue weighted by Gasteiger charge is 2.59. The molecule has 1 aromatic rings. The van der Waals surface area contributed by atoms with Gasteiger partial charge in [-0.3, -0.25) is 14.3 Å². The van der Waals surface area contributed by atoms with Gasteiger partial charge in [0, 0.05) is 0 Å². The standard InChI is InChI=1S/C11H15ClN3O14P3/c1-3-11(12)8(17)7(26-9(11)15-10(18)14-6(16)4-13-15)5(2)27-31(22,23)29-32(24,25)28-30(19,20)21/h1,4-5,7-9,17H,2H3,(H,22,23)(H,24,25)(H,14,16,18)(H2,19,20,21)/t5-,7-,8+,9-,11?/m1/s1. The highest BCUT2D eigenvalue weighted by molar-refractivity contribution is 7.66. The fourth-order valence-corrected chi connectivity index (χ4v) is 6.03. The number of rotatable bonds is 8. The van der Waals surface area contributed by atoms with Gasteiger partial charge in [-0.2, -0.15) is 18.4 Å². The number of hydrogen-bond donors (Lipinski definition) is 6. The number of alkyl halides is 1. The van der Waals surface area contributed by atoms with E-state index in [0.29, 0.717) is 10.9 Å². The molecule has 1 aromatic heterocycles. The summed E-state index contributed by atoms with van der Waals surface area (Å²) in [6.07, 6.45) is -1.05. The van der Waals surface area contributed by atoms with Crippen molar-refractivity contribution < 1.29 is 56.3 Å². The number of nitrogens with zero attached hydrogens (tertiary/aromatic N) is 2. The van der Waals surface area contributed by atoms with Crippen molar-refractivity contribution in [2.75, 3.05) is 0 Å². The lowest BCUT2D eigenvalue weighted by atomic mass is 9.97. The van der Waals surface area contributed by atoms with Gasteiger partial charge >= 0.3 is 29.2 Å². The van der Waals surface area contributed by atoms with Crippen LogP contribution in [-0.4, -0.2) is 62.6 Å². The van der Waals surface area contributed by atoms with Crippen LogP contribution < -0.4 is 11.2 Å². The SMILES string of the molecule is C#CC1(Cl)[C@@H](O)[C@@H]([C@@H](C)OP(=O)(O)OP(=O)(O)OP(=O)(O)O)O[C@H]1n1ncc(=O)[nH]c1=O. The lowest BCUT2D eigenvalue weighted by molar-refractivity contribution is -0.0786. The molecule has 7 atom stereocenters. The Balaban J connectivity index is 2.28. The van der Waals surface area contributed by atoms with Crippen LogP contribution in [-0.2, 0) is 31.6 Å². The average Bonchev–Trinajstić information content (AvgIpc) is 2.84. The molecule has 6 N–H and O–H groups in total. The van der Waals surface area contributed by atoms with Gasteiger partial charge in [0.1, 0.15) is 18.4 Å². The number of aliphatic hydroxyl groups excluding tert-OH is 1. The van der Waals surface area contributed by atoms with E-state index in [2.05, 4.69) is 18.2 Å². The van der Waals surface area contributed by atoms with Crippen LogP contribution in [0.4, 0.5) is 0 Å². The van der Waals surface area contributed by atoms with Crippen molar-refractivity contribution in [3.8, 4) is 12.3 Å². The van der Waals surface area contributed by atoms with Gasteiger partial charge < -0.3 is 29.4 Å². The largest absolute Gasteiger partial charge is 0.490 e. The summed E-state index contributed by atoms with van der Waals surface area (Å²) in [5.74, 6) is 1.98. The molecule has 1 fully saturated rings. The van der Waals surface area contributed by atoms with E-state index < -0.39 is 64.1 Å². The zero-order valence-corrected chi connectivity index (χ0v) is 18.9. The number of nitrogens with one attached hydrogen (secondary N) is 1. The molecule has 0 saturated carbocycles. The van der Waals surface area contributed by atoms with E-state index in [1.54, 1.807) is 0 Å². The van der Waals surface area contributed by atoms with Gasteiger partial charge in [0.05, 0.1) is 6.10 Å². The Bertz CT molecular complexity index is 1170. The Morgan fingerprint density at radius 1 is 1.28 bits per heavy atom. The topological polar surface area (TPSA) is 257 Å². The number of ether oxygens (including phenoxy) is 1. The molecule has 2 rings (SSSR count). The fraction of sp³-hybridized carbons (Fsp3) is 0.545. The number of aromatic amines is 1. The molecular formula is C11H15ClN3O14P3. The van der Waals surface area contributed by atoms with Gasteiger partial charge in [0.15, 0.2) is 11.1 Å². The Hall–Kier alpha value is -1.21. The predicted molar refractivity (Wildman–Crippen MR) is 101 cm³/mol. The third-order valence-corrected chi connectivity index (χ3v) is 8.19. The molecule has 3 unspecified atom stereocenters. The number of halogens is 1. The summed E-state index contributed by atoms with van der Waals surface area (Å²) in [6, 6.07) is 0. The van der Waals surface area contributed by atoms with Gasteiger partial charge in [-0.1, -0.05) is 17.5 Å². The lowest BCUT2D eigenvalue weighted by Gasteiger charge is -2.26. The molecule has 17 nitrogen and oxygen atoms in total. The lowest BCUT2D eigenvalue weighted by Crippen LogP contribution is -2.46. The number of hydrogen-bond acceptors (Lipinski definition) is 11. The minimum atomic E-state index is -5.79. The molecule has 1 aliphatic rings. The highest BCUT2D eigenvalue weighted by Crippen LogP contribution is 2.66. The summed E-state index contributed by atoms with van der Waals surface area (Å²) < 4.78 is 51.6. The molecule has 0 bridgehead atoms. The van der Waals surface area contributed by atoms with Gasteiger partial charge in [0.2, 0.25) is 0 Å². The summed E-state index contributed by atoms with van der Waals surface area (Å²) in [6.45, 7) is 0.992. The van der Waals surface area contributed by atoms with Crippen LogP contribution in [0.25, 0.3) is 0 Å². The quantitative estimate of drug-likeness (QED) is 0.125. The Kier molecular flexibility index (Phi) is 7.78. The molecule has 0 radical (unpaired) electrons. The van der Waals surface area contributed by atoms with E-state index in [0.717, 1.165) is 6.92 Å². The minimum Gasteiger partial charge on any atom is -0.387 e. The number of H-pyrrole nitrogens is 1. The molecule has 32 heavy (non-hydrogen) atoms. The summed E-state index contributed by atoms with van der Waals surface area (Å²) in [5, 5.41) is 14.0. The predicted octanol–water partition coefficient (Wildman–Crippen LogP) is -1.47. The summed E-state index contributed by atoms with van der Waals surface area (Å²) in [7, 11) is -17.0. The first kappa shape index (κ1) is 27.0. The highest BCUT2D eigenvalue weighted by atomic mass is 35.5. The molecule has 0 spiro atoms. The summed E-state index contributed by atoms with van der Waals surface area (Å²) in [4.78, 5) is 58.7. The second kappa shape index (κ2) is 9.21. The maximum atomic E-state index is 12.0. The van der Waals surface area contributed by atoms with Crippen molar-refractivity contribution in [3.05, 3.63) is 27.0 Å². The maximum Gasteiger partial charge on any atom is 0.490 e. The van der Waals surface area contributed by atoms with Gasteiger partial charge in [-0.05, 0) is 6.92 Å². The first-order chi connectivity index (χ1) is 14.4. The summed E-state index contributed by atoms with van der Waals surface area (Å²) >= 11 is 6.19. The number of aromatic nitrogens is 3. The Morgan fingerprint density at radius 2 is 1.88 bits per heavy atom. The smallest absolute Gasteiger partial charge is 0.387 e. The molecule has 0 amide bonds. The molecular weight excluding hydrogens is 527 g/mol. The van der Waals surface area contributed by atoms with E-state index >= 15 is 0 Å². The number of aliphatic hydroxyl groups is 1. The Labute approximate surface area is 182 Å². The van der Waals surface area contributed by atoms with Crippen molar-refractivity contribution in [1.82, 2.24) is 14.8 Å². The van der Waals surface area contributed by atoms with Crippen LogP contribution in [0.3, 0.4) is 0 Å². The van der Waals surface area contributed by atoms with Crippen LogP contribution in [0.2, 0.25) is 0 Å². The van der Waals surface area contributed by atoms with E-state index in [-0.39, 0.29) is 0 Å². The molecule has 1 saturated heterocycles. The van der Waals surface area contributed by atoms with Crippen LogP contribution in [0.1, 0.15) is 13.2 Å². The number of phosphoric ester groups is 1. The van der Waals surface area contributed by atoms with Crippen LogP contribution in [0.5, 0.6) is 0 Å². The fourth-order valence-electron chi connectivity index (χ4n) is 2.57. The van der Waals surface area contributed by atoms with E-state index in [9.17, 15) is 38.2 Å². The first-order valence-electron chi connectivity index (χ1n) is 7.91. The zero-order valence-electron chi connectivity index (χ0n) is 15.5. The Morgan fingerprint density at radius 3 is 2.38 bits per heavy atom. The van der Waals surface area contributed by atoms with Crippen LogP contribution >= 0.6 is 35.1 Å². The van der Waals surface area contributed by atoms with Crippen molar-refractivity contribution in [2.24, 2.45) is 0 Å². The third-order valence-electron chi connectivity index (χ3n) is 3.75. The maximum absolute atomic E-state index is 12.0. The normalized spacial score (nSPS) is 30.8.